The van der Waals surface area contributed by atoms with Crippen molar-refractivity contribution in [1.29, 1.82) is 0 Å². The molecule has 3 atom stereocenters. The van der Waals surface area contributed by atoms with E-state index in [4.69, 9.17) is 15.2 Å². The van der Waals surface area contributed by atoms with Crippen LogP contribution in [0.25, 0.3) is 0 Å². The van der Waals surface area contributed by atoms with Crippen LogP contribution in [0.3, 0.4) is 0 Å². The highest BCUT2D eigenvalue weighted by atomic mass is 16.6. The monoisotopic (exact) mass is 244 g/mol. The third-order valence-corrected chi connectivity index (χ3v) is 3.00. The molecule has 6 nitrogen and oxygen atoms in total. The predicted molar refractivity (Wildman–Crippen MR) is 61.3 cm³/mol. The smallest absolute Gasteiger partial charge is 0.410 e. The summed E-state index contributed by atoms with van der Waals surface area (Å²) in [5.41, 5.74) is 5.72. The van der Waals surface area contributed by atoms with Gasteiger partial charge in [0.05, 0.1) is 6.54 Å². The number of hydrogen-bond acceptors (Lipinski definition) is 5. The molecule has 98 valence electrons. The molecule has 1 unspecified atom stereocenters. The number of carbonyl (C=O) groups excluding carboxylic acids is 2. The number of esters is 1. The fourth-order valence-electron chi connectivity index (χ4n) is 1.49. The minimum atomic E-state index is -0.616. The van der Waals surface area contributed by atoms with Gasteiger partial charge in [0, 0.05) is 7.05 Å². The lowest BCUT2D eigenvalue weighted by molar-refractivity contribution is -0.148. The lowest BCUT2D eigenvalue weighted by Gasteiger charge is -2.17. The molecule has 6 heteroatoms. The summed E-state index contributed by atoms with van der Waals surface area (Å²) in [6.45, 7) is 4.37. The van der Waals surface area contributed by atoms with E-state index in [0.717, 1.165) is 6.42 Å². The Balaban J connectivity index is 2.31. The van der Waals surface area contributed by atoms with Crippen LogP contribution in [-0.4, -0.2) is 49.3 Å². The molecule has 0 aromatic rings. The number of cyclic esters (lactones) is 1. The van der Waals surface area contributed by atoms with Crippen molar-refractivity contribution in [3.8, 4) is 0 Å². The van der Waals surface area contributed by atoms with E-state index >= 15 is 0 Å². The van der Waals surface area contributed by atoms with Crippen molar-refractivity contribution in [1.82, 2.24) is 4.90 Å². The quantitative estimate of drug-likeness (QED) is 0.706. The molecule has 1 heterocycles. The zero-order chi connectivity index (χ0) is 13.0. The first kappa shape index (κ1) is 13.8. The van der Waals surface area contributed by atoms with Crippen LogP contribution in [0.4, 0.5) is 4.79 Å². The minimum absolute atomic E-state index is 0.0685. The molecule has 1 aliphatic heterocycles. The Morgan fingerprint density at radius 2 is 2.35 bits per heavy atom. The molecule has 0 aromatic carbocycles. The van der Waals surface area contributed by atoms with E-state index in [1.807, 2.05) is 13.8 Å². The van der Waals surface area contributed by atoms with Crippen LogP contribution in [0.5, 0.6) is 0 Å². The largest absolute Gasteiger partial charge is 0.461 e. The molecule has 1 rings (SSSR count). The Morgan fingerprint density at radius 1 is 1.71 bits per heavy atom. The van der Waals surface area contributed by atoms with Gasteiger partial charge in [0.1, 0.15) is 12.6 Å². The van der Waals surface area contributed by atoms with Crippen molar-refractivity contribution < 1.29 is 19.1 Å². The van der Waals surface area contributed by atoms with E-state index in [1.165, 1.54) is 4.90 Å². The van der Waals surface area contributed by atoms with E-state index in [9.17, 15) is 9.59 Å². The number of likely N-dealkylation sites (N-methyl/N-ethyl adjacent to an activating group) is 1. The summed E-state index contributed by atoms with van der Waals surface area (Å²) in [7, 11) is 1.63. The summed E-state index contributed by atoms with van der Waals surface area (Å²) >= 11 is 0. The van der Waals surface area contributed by atoms with Gasteiger partial charge in [0.15, 0.2) is 6.10 Å². The Hall–Kier alpha value is -1.30. The normalized spacial score (nSPS) is 23.2. The van der Waals surface area contributed by atoms with Crippen molar-refractivity contribution in [2.75, 3.05) is 20.2 Å². The molecule has 0 spiro atoms. The number of amides is 1. The molecule has 17 heavy (non-hydrogen) atoms. The van der Waals surface area contributed by atoms with Crippen molar-refractivity contribution in [3.63, 3.8) is 0 Å². The topological polar surface area (TPSA) is 81.9 Å². The van der Waals surface area contributed by atoms with Gasteiger partial charge in [-0.25, -0.2) is 4.79 Å². The predicted octanol–water partition coefficient (Wildman–Crippen LogP) is 0.354. The Labute approximate surface area is 101 Å². The van der Waals surface area contributed by atoms with E-state index in [-0.39, 0.29) is 18.6 Å². The van der Waals surface area contributed by atoms with Crippen molar-refractivity contribution in [3.05, 3.63) is 0 Å². The Bertz CT molecular complexity index is 295. The number of nitrogens with zero attached hydrogens (tertiary/aromatic N) is 1. The van der Waals surface area contributed by atoms with Gasteiger partial charge in [0.2, 0.25) is 0 Å². The molecule has 1 aliphatic rings. The second kappa shape index (κ2) is 5.86. The van der Waals surface area contributed by atoms with Gasteiger partial charge >= 0.3 is 12.1 Å². The molecule has 2 N–H and O–H groups in total. The summed E-state index contributed by atoms with van der Waals surface area (Å²) in [6, 6.07) is -0.616. The van der Waals surface area contributed by atoms with E-state index in [0.29, 0.717) is 6.54 Å². The molecule has 1 saturated heterocycles. The zero-order valence-corrected chi connectivity index (χ0v) is 10.5. The van der Waals surface area contributed by atoms with Gasteiger partial charge in [0.25, 0.3) is 0 Å². The third kappa shape index (κ3) is 3.59. The Kier molecular flexibility index (Phi) is 4.74. The highest BCUT2D eigenvalue weighted by Crippen LogP contribution is 2.11. The van der Waals surface area contributed by atoms with Gasteiger partial charge in [-0.15, -0.1) is 0 Å². The maximum Gasteiger partial charge on any atom is 0.410 e. The van der Waals surface area contributed by atoms with Crippen molar-refractivity contribution in [2.45, 2.75) is 32.4 Å². The fourth-order valence-corrected chi connectivity index (χ4v) is 1.49. The molecule has 0 saturated carbocycles. The minimum Gasteiger partial charge on any atom is -0.461 e. The van der Waals surface area contributed by atoms with Crippen LogP contribution in [0.2, 0.25) is 0 Å². The molecule has 0 aromatic heterocycles. The highest BCUT2D eigenvalue weighted by molar-refractivity contribution is 5.76. The maximum atomic E-state index is 11.6. The number of rotatable bonds is 5. The van der Waals surface area contributed by atoms with Gasteiger partial charge in [-0.3, -0.25) is 4.79 Å². The Morgan fingerprint density at radius 3 is 2.82 bits per heavy atom. The average molecular weight is 244 g/mol. The van der Waals surface area contributed by atoms with Crippen LogP contribution >= 0.6 is 0 Å². The second-order valence-electron chi connectivity index (χ2n) is 4.43. The summed E-state index contributed by atoms with van der Waals surface area (Å²) in [6.07, 6.45) is 0.0371. The first-order chi connectivity index (χ1) is 7.95. The summed E-state index contributed by atoms with van der Waals surface area (Å²) in [4.78, 5) is 24.1. The van der Waals surface area contributed by atoms with Gasteiger partial charge in [-0.05, 0) is 5.92 Å². The lowest BCUT2D eigenvalue weighted by atomic mass is 10.0. The molecular formula is C11H20N2O4. The first-order valence-electron chi connectivity index (χ1n) is 5.79. The SMILES string of the molecule is CC[C@H](C)C(N)C(=O)OC[C@H]1CN(C)C(=O)O1. The molecule has 0 bridgehead atoms. The standard InChI is InChI=1S/C11H20N2O4/c1-4-7(2)9(12)10(14)16-6-8-5-13(3)11(15)17-8/h7-9H,4-6,12H2,1-3H3/t7-,8+,9?/m0/s1. The summed E-state index contributed by atoms with van der Waals surface area (Å²) in [5, 5.41) is 0. The van der Waals surface area contributed by atoms with Crippen LogP contribution in [0.1, 0.15) is 20.3 Å². The molecule has 1 fully saturated rings. The summed E-state index contributed by atoms with van der Waals surface area (Å²) < 4.78 is 10.00. The van der Waals surface area contributed by atoms with Crippen LogP contribution < -0.4 is 5.73 Å². The molecule has 0 aliphatic carbocycles. The molecular weight excluding hydrogens is 224 g/mol. The van der Waals surface area contributed by atoms with Gasteiger partial charge in [-0.2, -0.15) is 0 Å². The van der Waals surface area contributed by atoms with Crippen molar-refractivity contribution >= 4 is 12.1 Å². The lowest BCUT2D eigenvalue weighted by Crippen LogP contribution is -2.39. The number of ether oxygens (including phenoxy) is 2. The number of hydrogen-bond donors (Lipinski definition) is 1. The highest BCUT2D eigenvalue weighted by Gasteiger charge is 2.30. The maximum absolute atomic E-state index is 11.6. The third-order valence-electron chi connectivity index (χ3n) is 3.00. The average Bonchev–Trinajstić information content (AvgIpc) is 2.63. The molecule has 1 amide bonds. The zero-order valence-electron chi connectivity index (χ0n) is 10.5. The van der Waals surface area contributed by atoms with Gasteiger partial charge in [-0.1, -0.05) is 20.3 Å². The van der Waals surface area contributed by atoms with Crippen molar-refractivity contribution in [2.24, 2.45) is 11.7 Å². The second-order valence-corrected chi connectivity index (χ2v) is 4.43. The van der Waals surface area contributed by atoms with Crippen LogP contribution in [0.15, 0.2) is 0 Å². The number of nitrogens with two attached hydrogens (primary N) is 1. The number of carbonyl (C=O) groups is 2. The fraction of sp³-hybridized carbons (Fsp3) is 0.818. The summed E-state index contributed by atoms with van der Waals surface area (Å²) in [5.74, 6) is -0.360. The molecule has 0 radical (unpaired) electrons. The van der Waals surface area contributed by atoms with E-state index in [1.54, 1.807) is 7.05 Å². The van der Waals surface area contributed by atoms with Crippen LogP contribution in [-0.2, 0) is 14.3 Å². The first-order valence-corrected chi connectivity index (χ1v) is 5.79. The van der Waals surface area contributed by atoms with Gasteiger partial charge < -0.3 is 20.1 Å². The van der Waals surface area contributed by atoms with E-state index < -0.39 is 18.1 Å². The van der Waals surface area contributed by atoms with Crippen LogP contribution in [0, 0.1) is 5.92 Å². The van der Waals surface area contributed by atoms with E-state index in [2.05, 4.69) is 0 Å².